The van der Waals surface area contributed by atoms with Gasteiger partial charge in [-0.1, -0.05) is 6.92 Å². The van der Waals surface area contributed by atoms with E-state index in [4.69, 9.17) is 14.4 Å². The lowest BCUT2D eigenvalue weighted by molar-refractivity contribution is 0.0714. The molecule has 0 radical (unpaired) electrons. The summed E-state index contributed by atoms with van der Waals surface area (Å²) in [7, 11) is 0. The zero-order valence-electron chi connectivity index (χ0n) is 16.3. The number of amides is 1. The Bertz CT molecular complexity index is 1020. The van der Waals surface area contributed by atoms with E-state index in [-0.39, 0.29) is 5.91 Å². The molecule has 0 unspecified atom stereocenters. The van der Waals surface area contributed by atoms with Crippen molar-refractivity contribution in [2.75, 3.05) is 31.1 Å². The predicted molar refractivity (Wildman–Crippen MR) is 110 cm³/mol. The normalized spacial score (nSPS) is 19.9. The van der Waals surface area contributed by atoms with Gasteiger partial charge in [-0.2, -0.15) is 0 Å². The number of rotatable bonds is 2. The van der Waals surface area contributed by atoms with E-state index in [2.05, 4.69) is 11.8 Å². The van der Waals surface area contributed by atoms with Gasteiger partial charge in [0.2, 0.25) is 0 Å². The maximum atomic E-state index is 12.5. The topological polar surface area (TPSA) is 62.5 Å². The Morgan fingerprint density at radius 2 is 2.07 bits per heavy atom. The first-order valence-electron chi connectivity index (χ1n) is 9.97. The highest BCUT2D eigenvalue weighted by molar-refractivity contribution is 7.19. The Morgan fingerprint density at radius 3 is 2.82 bits per heavy atom. The lowest BCUT2D eigenvalue weighted by Gasteiger charge is -2.35. The number of furan rings is 1. The van der Waals surface area contributed by atoms with Crippen molar-refractivity contribution in [1.82, 2.24) is 14.9 Å². The summed E-state index contributed by atoms with van der Waals surface area (Å²) >= 11 is 1.84. The summed E-state index contributed by atoms with van der Waals surface area (Å²) in [6.45, 7) is 7.21. The summed E-state index contributed by atoms with van der Waals surface area (Å²) in [6, 6.07) is 3.48. The van der Waals surface area contributed by atoms with Crippen LogP contribution in [0, 0.1) is 12.8 Å². The average Bonchev–Trinajstić information content (AvgIpc) is 3.34. The zero-order valence-corrected chi connectivity index (χ0v) is 17.1. The Morgan fingerprint density at radius 1 is 1.25 bits per heavy atom. The SMILES string of the molecule is Cc1nc(N2CCN(C(=O)c3ccco3)CC2)c2c3c(sc2n1)C[C@@H](C)CC3. The second-order valence-corrected chi connectivity index (χ2v) is 8.97. The van der Waals surface area contributed by atoms with Crippen LogP contribution in [0.15, 0.2) is 22.8 Å². The minimum absolute atomic E-state index is 0.0319. The van der Waals surface area contributed by atoms with E-state index in [0.29, 0.717) is 18.8 Å². The number of piperazine rings is 1. The van der Waals surface area contributed by atoms with E-state index in [1.54, 1.807) is 18.4 Å². The van der Waals surface area contributed by atoms with Crippen LogP contribution in [-0.4, -0.2) is 47.0 Å². The van der Waals surface area contributed by atoms with Crippen LogP contribution in [0.25, 0.3) is 10.2 Å². The van der Waals surface area contributed by atoms with E-state index in [1.807, 2.05) is 23.2 Å². The summed E-state index contributed by atoms with van der Waals surface area (Å²) in [5.41, 5.74) is 1.46. The van der Waals surface area contributed by atoms with Gasteiger partial charge in [0.15, 0.2) is 5.76 Å². The molecule has 1 aliphatic heterocycles. The molecule has 0 aromatic carbocycles. The summed E-state index contributed by atoms with van der Waals surface area (Å²) in [5.74, 6) is 3.00. The number of carbonyl (C=O) groups excluding carboxylic acids is 1. The molecule has 3 aromatic heterocycles. The summed E-state index contributed by atoms with van der Waals surface area (Å²) in [6.07, 6.45) is 5.05. The fourth-order valence-electron chi connectivity index (χ4n) is 4.33. The van der Waals surface area contributed by atoms with Gasteiger partial charge < -0.3 is 14.2 Å². The lowest BCUT2D eigenvalue weighted by Crippen LogP contribution is -2.49. The smallest absolute Gasteiger partial charge is 0.289 e. The summed E-state index contributed by atoms with van der Waals surface area (Å²) < 4.78 is 5.27. The highest BCUT2D eigenvalue weighted by Gasteiger charge is 2.29. The van der Waals surface area contributed by atoms with Crippen molar-refractivity contribution in [3.05, 3.63) is 40.4 Å². The van der Waals surface area contributed by atoms with Crippen LogP contribution in [0.3, 0.4) is 0 Å². The Kier molecular flexibility index (Phi) is 4.34. The summed E-state index contributed by atoms with van der Waals surface area (Å²) in [5, 5.41) is 1.25. The van der Waals surface area contributed by atoms with Gasteiger partial charge >= 0.3 is 0 Å². The maximum absolute atomic E-state index is 12.5. The molecule has 1 amide bonds. The van der Waals surface area contributed by atoms with Gasteiger partial charge in [-0.05, 0) is 49.8 Å². The second-order valence-electron chi connectivity index (χ2n) is 7.88. The van der Waals surface area contributed by atoms with Gasteiger partial charge in [0.05, 0.1) is 11.6 Å². The minimum atomic E-state index is -0.0319. The molecule has 7 heteroatoms. The number of carbonyl (C=O) groups is 1. The number of anilines is 1. The van der Waals surface area contributed by atoms with Gasteiger partial charge in [-0.15, -0.1) is 11.3 Å². The number of hydrogen-bond acceptors (Lipinski definition) is 6. The van der Waals surface area contributed by atoms with Crippen LogP contribution >= 0.6 is 11.3 Å². The van der Waals surface area contributed by atoms with Crippen molar-refractivity contribution in [3.8, 4) is 0 Å². The van der Waals surface area contributed by atoms with Gasteiger partial charge in [0, 0.05) is 31.1 Å². The molecule has 0 spiro atoms. The molecular formula is C21H24N4O2S. The molecule has 5 rings (SSSR count). The third-order valence-corrected chi connectivity index (χ3v) is 6.99. The third kappa shape index (κ3) is 2.98. The first kappa shape index (κ1) is 17.7. The van der Waals surface area contributed by atoms with E-state index in [0.717, 1.165) is 48.3 Å². The van der Waals surface area contributed by atoms with Gasteiger partial charge in [0.1, 0.15) is 16.5 Å². The first-order chi connectivity index (χ1) is 13.6. The van der Waals surface area contributed by atoms with Crippen LogP contribution in [0.2, 0.25) is 0 Å². The number of nitrogens with zero attached hydrogens (tertiary/aromatic N) is 4. The molecule has 4 heterocycles. The van der Waals surface area contributed by atoms with Gasteiger partial charge in [0.25, 0.3) is 5.91 Å². The molecule has 1 atom stereocenters. The van der Waals surface area contributed by atoms with E-state index >= 15 is 0 Å². The quantitative estimate of drug-likeness (QED) is 0.661. The predicted octanol–water partition coefficient (Wildman–Crippen LogP) is 3.68. The molecule has 2 aliphatic rings. The van der Waals surface area contributed by atoms with Crippen LogP contribution < -0.4 is 4.90 Å². The first-order valence-corrected chi connectivity index (χ1v) is 10.8. The highest BCUT2D eigenvalue weighted by Crippen LogP contribution is 2.41. The van der Waals surface area contributed by atoms with Crippen molar-refractivity contribution in [2.45, 2.75) is 33.1 Å². The largest absolute Gasteiger partial charge is 0.459 e. The molecule has 3 aromatic rings. The van der Waals surface area contributed by atoms with Crippen LogP contribution in [0.1, 0.15) is 40.2 Å². The summed E-state index contributed by atoms with van der Waals surface area (Å²) in [4.78, 5) is 28.9. The highest BCUT2D eigenvalue weighted by atomic mass is 32.1. The molecule has 0 saturated carbocycles. The fourth-order valence-corrected chi connectivity index (χ4v) is 5.76. The van der Waals surface area contributed by atoms with E-state index in [1.165, 1.54) is 22.2 Å². The molecule has 1 fully saturated rings. The molecule has 0 N–H and O–H groups in total. The van der Waals surface area contributed by atoms with Crippen LogP contribution in [0.4, 0.5) is 5.82 Å². The molecule has 28 heavy (non-hydrogen) atoms. The number of thiophene rings is 1. The van der Waals surface area contributed by atoms with Gasteiger partial charge in [-0.25, -0.2) is 9.97 Å². The number of aromatic nitrogens is 2. The van der Waals surface area contributed by atoms with Crippen molar-refractivity contribution >= 4 is 33.3 Å². The molecule has 1 aliphatic carbocycles. The van der Waals surface area contributed by atoms with Crippen molar-refractivity contribution in [1.29, 1.82) is 0 Å². The Balaban J connectivity index is 1.43. The van der Waals surface area contributed by atoms with Crippen LogP contribution in [0.5, 0.6) is 0 Å². The third-order valence-electron chi connectivity index (χ3n) is 5.85. The Hall–Kier alpha value is -2.41. The molecule has 6 nitrogen and oxygen atoms in total. The van der Waals surface area contributed by atoms with E-state index < -0.39 is 0 Å². The van der Waals surface area contributed by atoms with Crippen molar-refractivity contribution in [2.24, 2.45) is 5.92 Å². The standard InChI is InChI=1S/C21H24N4O2S/c1-13-5-6-15-17(12-13)28-20-18(15)19(22-14(2)23-20)24-7-9-25(10-8-24)21(26)16-4-3-11-27-16/h3-4,11,13H,5-10,12H2,1-2H3/t13-/m0/s1. The number of aryl methyl sites for hydroxylation is 2. The Labute approximate surface area is 168 Å². The van der Waals surface area contributed by atoms with Crippen LogP contribution in [-0.2, 0) is 12.8 Å². The lowest BCUT2D eigenvalue weighted by atomic mass is 9.89. The van der Waals surface area contributed by atoms with Gasteiger partial charge in [-0.3, -0.25) is 4.79 Å². The number of hydrogen-bond donors (Lipinski definition) is 0. The zero-order chi connectivity index (χ0) is 19.3. The maximum Gasteiger partial charge on any atom is 0.289 e. The average molecular weight is 397 g/mol. The molecule has 0 bridgehead atoms. The van der Waals surface area contributed by atoms with E-state index in [9.17, 15) is 4.79 Å². The molecule has 1 saturated heterocycles. The monoisotopic (exact) mass is 396 g/mol. The van der Waals surface area contributed by atoms with Crippen molar-refractivity contribution < 1.29 is 9.21 Å². The molecular weight excluding hydrogens is 372 g/mol. The second kappa shape index (κ2) is 6.88. The number of fused-ring (bicyclic) bond motifs is 3. The van der Waals surface area contributed by atoms with Crippen molar-refractivity contribution in [3.63, 3.8) is 0 Å². The molecule has 146 valence electrons. The fraction of sp³-hybridized carbons (Fsp3) is 0.476. The minimum Gasteiger partial charge on any atom is -0.459 e.